The number of hydrogen-bond acceptors (Lipinski definition) is 4. The molecule has 0 aliphatic heterocycles. The first-order valence-corrected chi connectivity index (χ1v) is 7.73. The Hall–Kier alpha value is -0.681. The molecule has 0 heterocycles. The van der Waals surface area contributed by atoms with Gasteiger partial charge >= 0.3 is 22.5 Å². The van der Waals surface area contributed by atoms with Gasteiger partial charge in [0.1, 0.15) is 0 Å². The van der Waals surface area contributed by atoms with Crippen molar-refractivity contribution in [2.75, 3.05) is 0 Å². The average Bonchev–Trinajstić information content (AvgIpc) is 2.50. The molecule has 2 fully saturated rings. The number of nitrogens with one attached hydrogen (secondary N) is 4. The summed E-state index contributed by atoms with van der Waals surface area (Å²) in [5.41, 5.74) is 13.7. The van der Waals surface area contributed by atoms with Crippen LogP contribution in [-0.4, -0.2) is 12.1 Å². The molecule has 6 nitrogen and oxygen atoms in total. The Bertz CT molecular complexity index is 249. The van der Waals surface area contributed by atoms with E-state index in [4.69, 9.17) is 18.7 Å². The zero-order chi connectivity index (χ0) is 14.3. The van der Waals surface area contributed by atoms with Crippen LogP contribution >= 0.6 is 0 Å². The average molecular weight is 322 g/mol. The van der Waals surface area contributed by atoms with Crippen molar-refractivity contribution in [2.45, 2.75) is 76.3 Å². The van der Waals surface area contributed by atoms with Crippen molar-refractivity contribution >= 4 is 0 Å². The van der Waals surface area contributed by atoms with E-state index in [1.54, 1.807) is 0 Å². The quantitative estimate of drug-likeness (QED) is 0.442. The van der Waals surface area contributed by atoms with Crippen molar-refractivity contribution in [3.8, 4) is 0 Å². The maximum absolute atomic E-state index is 8.28. The molecule has 0 radical (unpaired) electrons. The van der Waals surface area contributed by atoms with Gasteiger partial charge in [0.25, 0.3) is 0 Å². The molecule has 4 N–H and O–H groups in total. The van der Waals surface area contributed by atoms with Crippen LogP contribution in [0.15, 0.2) is 0 Å². The Balaban J connectivity index is 0.000000284. The fraction of sp³-hybridized carbons (Fsp3) is 1.00. The summed E-state index contributed by atoms with van der Waals surface area (Å²) in [4.78, 5) is 0. The van der Waals surface area contributed by atoms with E-state index in [1.165, 1.54) is 64.2 Å². The molecule has 19 heavy (non-hydrogen) atoms. The minimum absolute atomic E-state index is 0.503. The van der Waals surface area contributed by atoms with Gasteiger partial charge in [-0.1, -0.05) is 23.9 Å². The topological polar surface area (TPSA) is 110 Å². The van der Waals surface area contributed by atoms with E-state index < -0.39 is 14.8 Å². The first kappa shape index (κ1) is 18.3. The van der Waals surface area contributed by atoms with Crippen molar-refractivity contribution in [1.82, 2.24) is 0 Å². The zero-order valence-electron chi connectivity index (χ0n) is 11.3. The summed E-state index contributed by atoms with van der Waals surface area (Å²) in [6.07, 6.45) is 12.9. The summed E-state index contributed by atoms with van der Waals surface area (Å²) >= 11 is -0.688. The Morgan fingerprint density at radius 1 is 0.684 bits per heavy atom. The second-order valence-corrected chi connectivity index (χ2v) is 5.17. The second kappa shape index (κ2) is 13.7. The van der Waals surface area contributed by atoms with Crippen LogP contribution in [0, 0.1) is 11.1 Å². The fourth-order valence-electron chi connectivity index (χ4n) is 2.49. The van der Waals surface area contributed by atoms with Gasteiger partial charge in [0.2, 0.25) is 0 Å². The van der Waals surface area contributed by atoms with Crippen LogP contribution in [0.5, 0.6) is 0 Å². The molecule has 0 aromatic heterocycles. The van der Waals surface area contributed by atoms with Gasteiger partial charge in [-0.15, -0.1) is 10.2 Å². The summed E-state index contributed by atoms with van der Waals surface area (Å²) in [5, 5.41) is 5.11. The fourth-order valence-corrected chi connectivity index (χ4v) is 2.49. The summed E-state index contributed by atoms with van der Waals surface area (Å²) in [5.74, 6) is 0. The standard InChI is InChI=1S/2C6H12N2.Cu.2O/c2*7-8-6-4-2-1-3-5-6;;;/h2*6-7H,1-5H2;;;/q;;-2;;/p+2. The van der Waals surface area contributed by atoms with Crippen molar-refractivity contribution in [3.63, 3.8) is 0 Å². The van der Waals surface area contributed by atoms with Gasteiger partial charge in [0.05, 0.1) is 0 Å². The normalized spacial score (nSPS) is 20.4. The predicted molar refractivity (Wildman–Crippen MR) is 62.5 cm³/mol. The predicted octanol–water partition coefficient (Wildman–Crippen LogP) is 0.621. The van der Waals surface area contributed by atoms with E-state index >= 15 is 0 Å². The molecule has 0 amide bonds. The van der Waals surface area contributed by atoms with Gasteiger partial charge in [0, 0.05) is 25.7 Å². The molecule has 0 bridgehead atoms. The van der Waals surface area contributed by atoms with Crippen molar-refractivity contribution in [3.05, 3.63) is 0 Å². The number of hydrogen-bond donors (Lipinski definition) is 4. The molecule has 2 saturated carbocycles. The third-order valence-corrected chi connectivity index (χ3v) is 3.62. The molecule has 2 aliphatic carbocycles. The van der Waals surface area contributed by atoms with Crippen molar-refractivity contribution < 1.29 is 32.7 Å². The molecule has 0 unspecified atom stereocenters. The molecule has 2 rings (SSSR count). The maximum atomic E-state index is 8.28. The summed E-state index contributed by atoms with van der Waals surface area (Å²) < 4.78 is 16.6. The Kier molecular flexibility index (Phi) is 13.3. The van der Waals surface area contributed by atoms with Crippen LogP contribution in [-0.2, 0) is 22.5 Å². The van der Waals surface area contributed by atoms with Crippen LogP contribution < -0.4 is 10.2 Å². The van der Waals surface area contributed by atoms with E-state index in [-0.39, 0.29) is 0 Å². The zero-order valence-corrected chi connectivity index (χ0v) is 12.3. The van der Waals surface area contributed by atoms with Gasteiger partial charge in [-0.2, -0.15) is 0 Å². The van der Waals surface area contributed by atoms with Crippen LogP contribution in [0.3, 0.4) is 0 Å². The first-order chi connectivity index (χ1) is 9.28. The Morgan fingerprint density at radius 2 is 0.947 bits per heavy atom. The molecule has 0 aromatic carbocycles. The third-order valence-electron chi connectivity index (χ3n) is 3.62. The molecule has 2 aliphatic rings. The summed E-state index contributed by atoms with van der Waals surface area (Å²) in [6.45, 7) is 0. The molecule has 0 atom stereocenters. The van der Waals surface area contributed by atoms with Gasteiger partial charge in [-0.05, 0) is 25.7 Å². The van der Waals surface area contributed by atoms with E-state index in [2.05, 4.69) is 10.2 Å². The van der Waals surface area contributed by atoms with Crippen LogP contribution in [0.25, 0.3) is 0 Å². The molecular weight excluding hydrogens is 296 g/mol. The van der Waals surface area contributed by atoms with Gasteiger partial charge in [0.15, 0.2) is 12.1 Å². The molecule has 0 aromatic rings. The Morgan fingerprint density at radius 3 is 1.11 bits per heavy atom. The molecule has 7 heteroatoms. The van der Waals surface area contributed by atoms with Gasteiger partial charge < -0.3 is 0 Å². The van der Waals surface area contributed by atoms with E-state index in [9.17, 15) is 0 Å². The van der Waals surface area contributed by atoms with Crippen molar-refractivity contribution in [1.29, 1.82) is 11.1 Å². The van der Waals surface area contributed by atoms with Crippen LogP contribution in [0.2, 0.25) is 0 Å². The summed E-state index contributed by atoms with van der Waals surface area (Å²) in [6, 6.07) is 1.01. The summed E-state index contributed by atoms with van der Waals surface area (Å²) in [7, 11) is 0. The van der Waals surface area contributed by atoms with Gasteiger partial charge in [-0.3, -0.25) is 0 Å². The molecule has 0 spiro atoms. The SMILES string of the molecule is N=[NH+]C1CCCCC1.N=[NH+]C1CCCCC1.[O]=[Cu-2]=[O]. The molecule has 0 saturated heterocycles. The molecule has 117 valence electrons. The van der Waals surface area contributed by atoms with E-state index in [0.29, 0.717) is 12.1 Å². The Labute approximate surface area is 120 Å². The van der Waals surface area contributed by atoms with E-state index in [0.717, 1.165) is 0 Å². The van der Waals surface area contributed by atoms with E-state index in [1.807, 2.05) is 0 Å². The van der Waals surface area contributed by atoms with Crippen LogP contribution in [0.1, 0.15) is 64.2 Å². The van der Waals surface area contributed by atoms with Crippen molar-refractivity contribution in [2.24, 2.45) is 0 Å². The first-order valence-electron chi connectivity index (χ1n) is 6.96. The van der Waals surface area contributed by atoms with Crippen LogP contribution in [0.4, 0.5) is 0 Å². The third kappa shape index (κ3) is 10.9. The minimum atomic E-state index is -0.688. The monoisotopic (exact) mass is 321 g/mol. The number of rotatable bonds is 2. The van der Waals surface area contributed by atoms with Gasteiger partial charge in [-0.25, -0.2) is 0 Å². The second-order valence-electron chi connectivity index (χ2n) is 5.01. The molecular formula is C12H26CuN4O2.